The predicted molar refractivity (Wildman–Crippen MR) is 91.9 cm³/mol. The number of ether oxygens (including phenoxy) is 2. The van der Waals surface area contributed by atoms with E-state index >= 15 is 0 Å². The van der Waals surface area contributed by atoms with Gasteiger partial charge in [-0.05, 0) is 56.6 Å². The van der Waals surface area contributed by atoms with Gasteiger partial charge in [0.25, 0.3) is 0 Å². The highest BCUT2D eigenvalue weighted by Crippen LogP contribution is 2.50. The maximum absolute atomic E-state index is 6.63. The zero-order chi connectivity index (χ0) is 16.4. The normalized spacial score (nSPS) is 43.7. The van der Waals surface area contributed by atoms with Gasteiger partial charge in [0.15, 0.2) is 6.23 Å². The average molecular weight is 317 g/mol. The topological polar surface area (TPSA) is 21.7 Å². The van der Waals surface area contributed by atoms with Gasteiger partial charge in [-0.2, -0.15) is 0 Å². The molecule has 23 heavy (non-hydrogen) atoms. The summed E-state index contributed by atoms with van der Waals surface area (Å²) in [7, 11) is 0. The van der Waals surface area contributed by atoms with Crippen LogP contribution in [0.25, 0.3) is 0 Å². The Labute approximate surface area is 140 Å². The summed E-state index contributed by atoms with van der Waals surface area (Å²) in [6.07, 6.45) is 6.29. The van der Waals surface area contributed by atoms with Crippen molar-refractivity contribution in [2.45, 2.75) is 71.8 Å². The summed E-state index contributed by atoms with van der Waals surface area (Å²) in [5.74, 6) is 2.92. The highest BCUT2D eigenvalue weighted by atomic mass is 16.6. The Balaban J connectivity index is 1.64. The lowest BCUT2D eigenvalue weighted by Gasteiger charge is -2.35. The largest absolute Gasteiger partial charge is 0.472 e. The lowest BCUT2D eigenvalue weighted by atomic mass is 9.88. The third kappa shape index (κ3) is 2.39. The zero-order valence-electron chi connectivity index (χ0n) is 15.3. The number of fused-ring (bicyclic) bond motifs is 4. The van der Waals surface area contributed by atoms with Gasteiger partial charge in [-0.15, -0.1) is 0 Å². The van der Waals surface area contributed by atoms with Crippen LogP contribution in [0.1, 0.15) is 53.9 Å². The zero-order valence-corrected chi connectivity index (χ0v) is 15.3. The molecule has 3 fully saturated rings. The highest BCUT2D eigenvalue weighted by molar-refractivity contribution is 5.36. The van der Waals surface area contributed by atoms with Gasteiger partial charge < -0.3 is 9.47 Å². The monoisotopic (exact) mass is 317 g/mol. The van der Waals surface area contributed by atoms with Crippen molar-refractivity contribution in [3.05, 3.63) is 23.0 Å². The minimum absolute atomic E-state index is 0.0816. The van der Waals surface area contributed by atoms with Crippen LogP contribution in [0.4, 0.5) is 0 Å². The first kappa shape index (κ1) is 15.7. The molecule has 3 saturated heterocycles. The Morgan fingerprint density at radius 1 is 1.35 bits per heavy atom. The number of allylic oxidation sites excluding steroid dienone is 3. The number of hydrogen-bond acceptors (Lipinski definition) is 3. The van der Waals surface area contributed by atoms with E-state index in [0.29, 0.717) is 23.9 Å². The Bertz CT molecular complexity index is 564. The maximum Gasteiger partial charge on any atom is 0.181 e. The van der Waals surface area contributed by atoms with Crippen molar-refractivity contribution in [3.63, 3.8) is 0 Å². The van der Waals surface area contributed by atoms with Gasteiger partial charge in [-0.1, -0.05) is 26.3 Å². The summed E-state index contributed by atoms with van der Waals surface area (Å²) in [5.41, 5.74) is 2.82. The van der Waals surface area contributed by atoms with E-state index in [9.17, 15) is 0 Å². The summed E-state index contributed by atoms with van der Waals surface area (Å²) >= 11 is 0. The lowest BCUT2D eigenvalue weighted by Crippen LogP contribution is -2.46. The molecule has 0 amide bonds. The summed E-state index contributed by atoms with van der Waals surface area (Å²) in [6.45, 7) is 13.6. The van der Waals surface area contributed by atoms with Crippen LogP contribution < -0.4 is 0 Å². The fourth-order valence-corrected chi connectivity index (χ4v) is 5.11. The molecule has 3 heteroatoms. The number of nitrogens with zero attached hydrogens (tertiary/aromatic N) is 1. The molecule has 5 atom stereocenters. The molecule has 0 bridgehead atoms. The van der Waals surface area contributed by atoms with E-state index < -0.39 is 0 Å². The van der Waals surface area contributed by atoms with Crippen LogP contribution in [0.2, 0.25) is 0 Å². The standard InChI is InChI=1S/C20H31NO2/c1-12(2)17-10-15-11-21-7-6-16-14(4)8-13(3)9-18(16)22-19(21)20(15,5)23-17/h9,12-13,15,17,19H,6-8,10-11H2,1-5H3. The third-order valence-corrected chi connectivity index (χ3v) is 6.52. The SMILES string of the molecule is CC1=C2CCN3CC4CC(C(C)C)OC4(C)C3OC2=CC(C)C1. The van der Waals surface area contributed by atoms with Crippen molar-refractivity contribution in [3.8, 4) is 0 Å². The number of hydrogen-bond donors (Lipinski definition) is 0. The van der Waals surface area contributed by atoms with E-state index in [-0.39, 0.29) is 11.8 Å². The van der Waals surface area contributed by atoms with E-state index in [2.05, 4.69) is 45.6 Å². The van der Waals surface area contributed by atoms with Gasteiger partial charge in [0, 0.05) is 19.0 Å². The van der Waals surface area contributed by atoms with Gasteiger partial charge in [0.2, 0.25) is 0 Å². The average Bonchev–Trinajstić information content (AvgIpc) is 2.82. The van der Waals surface area contributed by atoms with Gasteiger partial charge in [0.05, 0.1) is 6.10 Å². The van der Waals surface area contributed by atoms with Crippen molar-refractivity contribution >= 4 is 0 Å². The van der Waals surface area contributed by atoms with E-state index in [0.717, 1.165) is 25.3 Å². The molecule has 1 aliphatic carbocycles. The van der Waals surface area contributed by atoms with Crippen LogP contribution in [-0.2, 0) is 9.47 Å². The molecule has 4 rings (SSSR count). The van der Waals surface area contributed by atoms with E-state index in [1.807, 2.05) is 0 Å². The van der Waals surface area contributed by atoms with Crippen LogP contribution >= 0.6 is 0 Å². The van der Waals surface area contributed by atoms with Crippen molar-refractivity contribution < 1.29 is 9.47 Å². The summed E-state index contributed by atoms with van der Waals surface area (Å²) in [5, 5.41) is 0. The van der Waals surface area contributed by atoms with Crippen LogP contribution in [0.5, 0.6) is 0 Å². The lowest BCUT2D eigenvalue weighted by molar-refractivity contribution is -0.149. The molecule has 0 radical (unpaired) electrons. The van der Waals surface area contributed by atoms with Gasteiger partial charge in [-0.3, -0.25) is 4.90 Å². The van der Waals surface area contributed by atoms with E-state index in [1.165, 1.54) is 24.0 Å². The molecule has 0 saturated carbocycles. The van der Waals surface area contributed by atoms with Crippen molar-refractivity contribution in [1.82, 2.24) is 4.90 Å². The molecule has 0 N–H and O–H groups in total. The van der Waals surface area contributed by atoms with Crippen LogP contribution in [0, 0.1) is 17.8 Å². The Hall–Kier alpha value is -0.800. The summed E-state index contributed by atoms with van der Waals surface area (Å²) in [6, 6.07) is 0. The molecule has 0 aromatic carbocycles. The van der Waals surface area contributed by atoms with Crippen molar-refractivity contribution in [2.75, 3.05) is 13.1 Å². The maximum atomic E-state index is 6.63. The molecule has 4 aliphatic rings. The minimum atomic E-state index is -0.153. The second-order valence-corrected chi connectivity index (χ2v) is 8.70. The molecule has 3 nitrogen and oxygen atoms in total. The molecule has 0 spiro atoms. The van der Waals surface area contributed by atoms with Gasteiger partial charge in [0.1, 0.15) is 11.4 Å². The first-order chi connectivity index (χ1) is 10.9. The number of rotatable bonds is 1. The van der Waals surface area contributed by atoms with Crippen molar-refractivity contribution in [1.29, 1.82) is 0 Å². The Morgan fingerprint density at radius 2 is 2.13 bits per heavy atom. The molecule has 0 aromatic heterocycles. The molecule has 128 valence electrons. The van der Waals surface area contributed by atoms with Gasteiger partial charge >= 0.3 is 0 Å². The molecule has 3 aliphatic heterocycles. The second kappa shape index (κ2) is 5.35. The quantitative estimate of drug-likeness (QED) is 0.726. The van der Waals surface area contributed by atoms with Crippen molar-refractivity contribution in [2.24, 2.45) is 17.8 Å². The fraction of sp³-hybridized carbons (Fsp3) is 0.800. The molecule has 5 unspecified atom stereocenters. The van der Waals surface area contributed by atoms with Crippen LogP contribution in [-0.4, -0.2) is 35.9 Å². The van der Waals surface area contributed by atoms with Crippen LogP contribution in [0.15, 0.2) is 23.0 Å². The Kier molecular flexibility index (Phi) is 3.66. The molecule has 3 heterocycles. The molecule has 0 aromatic rings. The van der Waals surface area contributed by atoms with Crippen LogP contribution in [0.3, 0.4) is 0 Å². The first-order valence-corrected chi connectivity index (χ1v) is 9.38. The fourth-order valence-electron chi connectivity index (χ4n) is 5.11. The molecular formula is C20H31NO2. The van der Waals surface area contributed by atoms with E-state index in [4.69, 9.17) is 9.47 Å². The first-order valence-electron chi connectivity index (χ1n) is 9.38. The summed E-state index contributed by atoms with van der Waals surface area (Å²) < 4.78 is 13.2. The highest BCUT2D eigenvalue weighted by Gasteiger charge is 2.60. The van der Waals surface area contributed by atoms with Gasteiger partial charge in [-0.25, -0.2) is 0 Å². The minimum Gasteiger partial charge on any atom is -0.472 e. The molecular weight excluding hydrogens is 286 g/mol. The third-order valence-electron chi connectivity index (χ3n) is 6.52. The Morgan fingerprint density at radius 3 is 2.87 bits per heavy atom. The second-order valence-electron chi connectivity index (χ2n) is 8.70. The predicted octanol–water partition coefficient (Wildman–Crippen LogP) is 4.11. The smallest absolute Gasteiger partial charge is 0.181 e. The summed E-state index contributed by atoms with van der Waals surface area (Å²) in [4.78, 5) is 2.53. The van der Waals surface area contributed by atoms with E-state index in [1.54, 1.807) is 0 Å².